The molecule has 1 N–H and O–H groups in total. The monoisotopic (exact) mass is 548 g/mol. The molecule has 1 aliphatic heterocycles. The van der Waals surface area contributed by atoms with Crippen molar-refractivity contribution in [2.45, 2.75) is 18.4 Å². The van der Waals surface area contributed by atoms with E-state index in [4.69, 9.17) is 52.7 Å². The third kappa shape index (κ3) is 6.54. The predicted octanol–water partition coefficient (Wildman–Crippen LogP) is 3.99. The van der Waals surface area contributed by atoms with Crippen LogP contribution < -0.4 is 4.74 Å². The lowest BCUT2D eigenvalue weighted by atomic mass is 10.1. The van der Waals surface area contributed by atoms with Gasteiger partial charge in [-0.05, 0) is 36.4 Å². The van der Waals surface area contributed by atoms with Crippen LogP contribution in [0.3, 0.4) is 0 Å². The minimum Gasteiger partial charge on any atom is -0.491 e. The van der Waals surface area contributed by atoms with E-state index in [1.807, 2.05) is 48.1 Å². The molecule has 0 saturated carbocycles. The number of halogens is 2. The van der Waals surface area contributed by atoms with E-state index in [1.165, 1.54) is 6.33 Å². The standard InChI is InChI=1S/C23H21Cl2N5O3.HNO3/c1-29-14-26-9-22(29)16-2-5-18(6-3-16)31-10-19-11-32-23(33-19,12-30-15-27-13-28-30)20-7-4-17(24)8-21(20)25;2-1(3)4/h2-9,13-15,19H,10-12H2,1H3;(H,2,3,4)/t19-,23-;/m1./s1. The lowest BCUT2D eigenvalue weighted by molar-refractivity contribution is -0.742. The van der Waals surface area contributed by atoms with E-state index in [-0.39, 0.29) is 12.6 Å². The fourth-order valence-corrected chi connectivity index (χ4v) is 4.38. The Morgan fingerprint density at radius 3 is 2.59 bits per heavy atom. The lowest BCUT2D eigenvalue weighted by Gasteiger charge is -2.29. The van der Waals surface area contributed by atoms with Crippen molar-refractivity contribution in [1.82, 2.24) is 24.3 Å². The van der Waals surface area contributed by atoms with Gasteiger partial charge in [0.15, 0.2) is 0 Å². The third-order valence-electron chi connectivity index (χ3n) is 5.44. The maximum atomic E-state index is 8.36. The largest absolute Gasteiger partial charge is 0.491 e. The molecule has 2 atom stereocenters. The first-order chi connectivity index (χ1) is 17.8. The summed E-state index contributed by atoms with van der Waals surface area (Å²) in [6, 6.07) is 13.1. The molecule has 1 saturated heterocycles. The molecule has 0 radical (unpaired) electrons. The van der Waals surface area contributed by atoms with Crippen molar-refractivity contribution in [3.8, 4) is 17.0 Å². The topological polar surface area (TPSA) is 140 Å². The van der Waals surface area contributed by atoms with Crippen LogP contribution >= 0.6 is 23.2 Å². The summed E-state index contributed by atoms with van der Waals surface area (Å²) < 4.78 is 22.2. The molecule has 4 aromatic rings. The average Bonchev–Trinajstić information content (AvgIpc) is 3.60. The summed E-state index contributed by atoms with van der Waals surface area (Å²) in [5, 5.41) is 18.8. The Balaban J connectivity index is 0.000000747. The quantitative estimate of drug-likeness (QED) is 0.268. The Bertz CT molecular complexity index is 1330. The molecule has 3 heterocycles. The molecule has 14 heteroatoms. The van der Waals surface area contributed by atoms with Gasteiger partial charge in [0, 0.05) is 23.2 Å². The summed E-state index contributed by atoms with van der Waals surface area (Å²) in [7, 11) is 1.96. The number of nitrogens with zero attached hydrogens (tertiary/aromatic N) is 6. The minimum absolute atomic E-state index is 0.282. The smallest absolute Gasteiger partial charge is 0.291 e. The molecule has 2 aromatic carbocycles. The Hall–Kier alpha value is -3.71. The van der Waals surface area contributed by atoms with Crippen molar-refractivity contribution in [3.05, 3.63) is 93.4 Å². The van der Waals surface area contributed by atoms with Crippen LogP contribution in [0.4, 0.5) is 0 Å². The van der Waals surface area contributed by atoms with Crippen LogP contribution in [0.2, 0.25) is 10.0 Å². The van der Waals surface area contributed by atoms with E-state index >= 15 is 0 Å². The first kappa shape index (κ1) is 26.4. The number of hydrogen-bond acceptors (Lipinski definition) is 8. The zero-order valence-corrected chi connectivity index (χ0v) is 21.0. The highest BCUT2D eigenvalue weighted by Crippen LogP contribution is 2.40. The lowest BCUT2D eigenvalue weighted by Crippen LogP contribution is -2.35. The van der Waals surface area contributed by atoms with Crippen LogP contribution in [0.5, 0.6) is 5.75 Å². The molecule has 0 spiro atoms. The summed E-state index contributed by atoms with van der Waals surface area (Å²) in [4.78, 5) is 16.5. The van der Waals surface area contributed by atoms with E-state index in [0.29, 0.717) is 28.8 Å². The number of hydrogen-bond donors (Lipinski definition) is 1. The maximum Gasteiger partial charge on any atom is 0.291 e. The number of imidazole rings is 1. The van der Waals surface area contributed by atoms with Crippen molar-refractivity contribution < 1.29 is 24.5 Å². The van der Waals surface area contributed by atoms with Crippen LogP contribution in [0.25, 0.3) is 11.3 Å². The van der Waals surface area contributed by atoms with E-state index in [9.17, 15) is 0 Å². The molecule has 0 bridgehead atoms. The van der Waals surface area contributed by atoms with Gasteiger partial charge in [0.25, 0.3) is 5.09 Å². The first-order valence-electron chi connectivity index (χ1n) is 10.9. The zero-order chi connectivity index (χ0) is 26.4. The van der Waals surface area contributed by atoms with E-state index in [0.717, 1.165) is 17.0 Å². The van der Waals surface area contributed by atoms with Gasteiger partial charge in [0.2, 0.25) is 5.79 Å². The van der Waals surface area contributed by atoms with E-state index in [1.54, 1.807) is 29.5 Å². The van der Waals surface area contributed by atoms with Gasteiger partial charge in [-0.2, -0.15) is 5.10 Å². The molecule has 0 unspecified atom stereocenters. The summed E-state index contributed by atoms with van der Waals surface area (Å²) >= 11 is 12.6. The molecule has 1 aliphatic rings. The molecule has 0 amide bonds. The van der Waals surface area contributed by atoms with Crippen molar-refractivity contribution in [1.29, 1.82) is 0 Å². The fourth-order valence-electron chi connectivity index (χ4n) is 3.83. The van der Waals surface area contributed by atoms with Gasteiger partial charge in [0.1, 0.15) is 37.7 Å². The molecule has 2 aromatic heterocycles. The minimum atomic E-state index is -1.50. The Kier molecular flexibility index (Phi) is 8.24. The van der Waals surface area contributed by atoms with Crippen LogP contribution in [-0.4, -0.2) is 53.9 Å². The van der Waals surface area contributed by atoms with Crippen LogP contribution in [-0.2, 0) is 28.9 Å². The second kappa shape index (κ2) is 11.6. The van der Waals surface area contributed by atoms with Crippen LogP contribution in [0, 0.1) is 10.1 Å². The normalized spacial score (nSPS) is 18.7. The fraction of sp³-hybridized carbons (Fsp3) is 0.261. The number of aryl methyl sites for hydroxylation is 1. The maximum absolute atomic E-state index is 8.36. The highest BCUT2D eigenvalue weighted by molar-refractivity contribution is 6.35. The number of ether oxygens (including phenoxy) is 3. The first-order valence-corrected chi connectivity index (χ1v) is 11.6. The highest BCUT2D eigenvalue weighted by Gasteiger charge is 2.45. The second-order valence-corrected chi connectivity index (χ2v) is 8.83. The van der Waals surface area contributed by atoms with Crippen molar-refractivity contribution >= 4 is 23.2 Å². The summed E-state index contributed by atoms with van der Waals surface area (Å²) in [5.41, 5.74) is 2.77. The highest BCUT2D eigenvalue weighted by atomic mass is 35.5. The Labute approximate surface area is 221 Å². The molecular weight excluding hydrogens is 527 g/mol. The van der Waals surface area contributed by atoms with Gasteiger partial charge in [0.05, 0.1) is 29.8 Å². The van der Waals surface area contributed by atoms with Gasteiger partial charge < -0.3 is 24.0 Å². The molecular formula is C23H22Cl2N6O6. The molecule has 194 valence electrons. The summed E-state index contributed by atoms with van der Waals surface area (Å²) in [6.07, 6.45) is 6.36. The molecule has 1 fully saturated rings. The SMILES string of the molecule is Cn1cncc1-c1ccc(OC[C@@H]2CO[C@@](Cn3cncn3)(c3ccc(Cl)cc3Cl)O2)cc1.O=[N+]([O-])O. The molecule has 5 rings (SSSR count). The summed E-state index contributed by atoms with van der Waals surface area (Å²) in [6.45, 7) is 0.931. The van der Waals surface area contributed by atoms with Gasteiger partial charge in [-0.1, -0.05) is 29.3 Å². The molecule has 37 heavy (non-hydrogen) atoms. The zero-order valence-electron chi connectivity index (χ0n) is 19.5. The molecule has 0 aliphatic carbocycles. The molecule has 12 nitrogen and oxygen atoms in total. The predicted molar refractivity (Wildman–Crippen MR) is 132 cm³/mol. The number of rotatable bonds is 7. The second-order valence-electron chi connectivity index (χ2n) is 7.98. The third-order valence-corrected chi connectivity index (χ3v) is 5.99. The van der Waals surface area contributed by atoms with E-state index in [2.05, 4.69) is 15.1 Å². The van der Waals surface area contributed by atoms with Crippen molar-refractivity contribution in [2.24, 2.45) is 7.05 Å². The van der Waals surface area contributed by atoms with Crippen molar-refractivity contribution in [3.63, 3.8) is 0 Å². The Morgan fingerprint density at radius 2 is 1.97 bits per heavy atom. The Morgan fingerprint density at radius 1 is 1.22 bits per heavy atom. The van der Waals surface area contributed by atoms with Gasteiger partial charge in [-0.15, -0.1) is 10.1 Å². The average molecular weight is 549 g/mol. The number of aromatic nitrogens is 5. The van der Waals surface area contributed by atoms with Gasteiger partial charge in [-0.3, -0.25) is 0 Å². The van der Waals surface area contributed by atoms with Crippen LogP contribution in [0.1, 0.15) is 5.56 Å². The number of benzene rings is 2. The van der Waals surface area contributed by atoms with E-state index < -0.39 is 10.9 Å². The van der Waals surface area contributed by atoms with Crippen molar-refractivity contribution in [2.75, 3.05) is 13.2 Å². The van der Waals surface area contributed by atoms with Gasteiger partial charge >= 0.3 is 0 Å². The summed E-state index contributed by atoms with van der Waals surface area (Å²) in [5.74, 6) is -0.393. The van der Waals surface area contributed by atoms with Gasteiger partial charge in [-0.25, -0.2) is 14.6 Å². The van der Waals surface area contributed by atoms with Crippen LogP contribution in [0.15, 0.2) is 67.6 Å².